The van der Waals surface area contributed by atoms with E-state index in [4.69, 9.17) is 0 Å². The van der Waals surface area contributed by atoms with E-state index in [9.17, 15) is 9.90 Å². The van der Waals surface area contributed by atoms with Gasteiger partial charge in [-0.05, 0) is 32.6 Å². The van der Waals surface area contributed by atoms with Gasteiger partial charge >= 0.3 is 5.97 Å². The molecule has 1 atom stereocenters. The molecule has 0 radical (unpaired) electrons. The van der Waals surface area contributed by atoms with Crippen LogP contribution in [0.1, 0.15) is 25.6 Å². The van der Waals surface area contributed by atoms with Crippen LogP contribution in [0.15, 0.2) is 24.3 Å². The summed E-state index contributed by atoms with van der Waals surface area (Å²) < 4.78 is 0. The number of carboxylic acids is 1. The lowest BCUT2D eigenvalue weighted by atomic mass is 10.1. The maximum Gasteiger partial charge on any atom is 0.326 e. The zero-order valence-corrected chi connectivity index (χ0v) is 13.2. The van der Waals surface area contributed by atoms with Crippen molar-refractivity contribution in [2.24, 2.45) is 0 Å². The van der Waals surface area contributed by atoms with Crippen molar-refractivity contribution in [2.45, 2.75) is 32.4 Å². The number of carboxylic acid groups (broad SMARTS) is 1. The SMILES string of the molecule is CCCC(Nc1nc(CN(C)C)nc2ccccc12)C(=O)O. The lowest BCUT2D eigenvalue weighted by Crippen LogP contribution is -2.29. The van der Waals surface area contributed by atoms with Crippen molar-refractivity contribution in [2.75, 3.05) is 19.4 Å². The molecule has 0 fully saturated rings. The van der Waals surface area contributed by atoms with Gasteiger partial charge < -0.3 is 15.3 Å². The summed E-state index contributed by atoms with van der Waals surface area (Å²) in [6, 6.07) is 6.99. The van der Waals surface area contributed by atoms with Crippen molar-refractivity contribution in [1.82, 2.24) is 14.9 Å². The Hall–Kier alpha value is -2.21. The third kappa shape index (κ3) is 3.92. The zero-order chi connectivity index (χ0) is 16.1. The van der Waals surface area contributed by atoms with Crippen molar-refractivity contribution in [1.29, 1.82) is 0 Å². The minimum absolute atomic E-state index is 0.552. The van der Waals surface area contributed by atoms with Crippen molar-refractivity contribution >= 4 is 22.7 Å². The van der Waals surface area contributed by atoms with Crippen LogP contribution >= 0.6 is 0 Å². The van der Waals surface area contributed by atoms with E-state index in [1.165, 1.54) is 0 Å². The number of aromatic nitrogens is 2. The van der Waals surface area contributed by atoms with Crippen LogP contribution < -0.4 is 5.32 Å². The van der Waals surface area contributed by atoms with Gasteiger partial charge in [-0.3, -0.25) is 0 Å². The molecule has 0 aliphatic heterocycles. The molecule has 0 spiro atoms. The largest absolute Gasteiger partial charge is 0.480 e. The molecule has 118 valence electrons. The van der Waals surface area contributed by atoms with E-state index in [-0.39, 0.29) is 0 Å². The lowest BCUT2D eigenvalue weighted by Gasteiger charge is -2.17. The van der Waals surface area contributed by atoms with Gasteiger partial charge in [-0.2, -0.15) is 0 Å². The molecule has 6 nitrogen and oxygen atoms in total. The first-order valence-corrected chi connectivity index (χ1v) is 7.41. The fourth-order valence-corrected chi connectivity index (χ4v) is 2.30. The fourth-order valence-electron chi connectivity index (χ4n) is 2.30. The Morgan fingerprint density at radius 1 is 1.32 bits per heavy atom. The van der Waals surface area contributed by atoms with E-state index in [2.05, 4.69) is 15.3 Å². The Morgan fingerprint density at radius 3 is 2.68 bits per heavy atom. The predicted octanol–water partition coefficient (Wildman–Crippen LogP) is 2.36. The van der Waals surface area contributed by atoms with Gasteiger partial charge in [-0.25, -0.2) is 14.8 Å². The molecule has 2 N–H and O–H groups in total. The van der Waals surface area contributed by atoms with Crippen LogP contribution in [0.4, 0.5) is 5.82 Å². The van der Waals surface area contributed by atoms with Gasteiger partial charge in [0.25, 0.3) is 0 Å². The molecule has 22 heavy (non-hydrogen) atoms. The highest BCUT2D eigenvalue weighted by molar-refractivity contribution is 5.90. The number of anilines is 1. The first kappa shape index (κ1) is 16.2. The molecule has 1 unspecified atom stereocenters. The third-order valence-electron chi connectivity index (χ3n) is 3.29. The minimum Gasteiger partial charge on any atom is -0.480 e. The molecule has 1 heterocycles. The monoisotopic (exact) mass is 302 g/mol. The first-order valence-electron chi connectivity index (χ1n) is 7.41. The number of fused-ring (bicyclic) bond motifs is 1. The van der Waals surface area contributed by atoms with Crippen LogP contribution in [0.2, 0.25) is 0 Å². The summed E-state index contributed by atoms with van der Waals surface area (Å²) in [4.78, 5) is 22.4. The van der Waals surface area contributed by atoms with E-state index in [0.717, 1.165) is 17.3 Å². The highest BCUT2D eigenvalue weighted by atomic mass is 16.4. The molecule has 0 amide bonds. The Bertz CT molecular complexity index is 658. The predicted molar refractivity (Wildman–Crippen MR) is 86.9 cm³/mol. The highest BCUT2D eigenvalue weighted by Crippen LogP contribution is 2.22. The molecular formula is C16H22N4O2. The molecule has 6 heteroatoms. The van der Waals surface area contributed by atoms with Crippen molar-refractivity contribution in [3.05, 3.63) is 30.1 Å². The second-order valence-corrected chi connectivity index (χ2v) is 5.57. The average Bonchev–Trinajstić information content (AvgIpc) is 2.46. The van der Waals surface area contributed by atoms with E-state index in [0.29, 0.717) is 24.6 Å². The third-order valence-corrected chi connectivity index (χ3v) is 3.29. The van der Waals surface area contributed by atoms with Crippen molar-refractivity contribution in [3.63, 3.8) is 0 Å². The summed E-state index contributed by atoms with van der Waals surface area (Å²) in [6.07, 6.45) is 1.34. The van der Waals surface area contributed by atoms with Gasteiger partial charge in [-0.1, -0.05) is 25.5 Å². The maximum atomic E-state index is 11.4. The molecule has 1 aromatic heterocycles. The minimum atomic E-state index is -0.862. The van der Waals surface area contributed by atoms with Crippen molar-refractivity contribution < 1.29 is 9.90 Å². The number of nitrogens with one attached hydrogen (secondary N) is 1. The normalized spacial score (nSPS) is 12.5. The van der Waals surface area contributed by atoms with Gasteiger partial charge in [0.1, 0.15) is 17.7 Å². The number of hydrogen-bond acceptors (Lipinski definition) is 5. The molecule has 2 aromatic rings. The summed E-state index contributed by atoms with van der Waals surface area (Å²) >= 11 is 0. The van der Waals surface area contributed by atoms with E-state index >= 15 is 0 Å². The second kappa shape index (κ2) is 7.17. The summed E-state index contributed by atoms with van der Waals surface area (Å²) in [5, 5.41) is 13.2. The van der Waals surface area contributed by atoms with Crippen LogP contribution in [-0.2, 0) is 11.3 Å². The van der Waals surface area contributed by atoms with Gasteiger partial charge in [0, 0.05) is 5.39 Å². The average molecular weight is 302 g/mol. The maximum absolute atomic E-state index is 11.4. The number of carbonyl (C=O) groups is 1. The Morgan fingerprint density at radius 2 is 2.05 bits per heavy atom. The van der Waals surface area contributed by atoms with Crippen molar-refractivity contribution in [3.8, 4) is 0 Å². The standard InChI is InChI=1S/C16H22N4O2/c1-4-7-13(16(21)22)18-15-11-8-5-6-9-12(11)17-14(19-15)10-20(2)3/h5-6,8-9,13H,4,7,10H2,1-3H3,(H,21,22)(H,17,18,19). The molecular weight excluding hydrogens is 280 g/mol. The van der Waals surface area contributed by atoms with Gasteiger partial charge in [0.15, 0.2) is 0 Å². The Kier molecular flexibility index (Phi) is 5.27. The second-order valence-electron chi connectivity index (χ2n) is 5.57. The number of nitrogens with zero attached hydrogens (tertiary/aromatic N) is 3. The number of aliphatic carboxylic acids is 1. The van der Waals surface area contributed by atoms with Crippen LogP contribution in [0.3, 0.4) is 0 Å². The Balaban J connectivity index is 2.43. The van der Waals surface area contributed by atoms with Gasteiger partial charge in [0.2, 0.25) is 0 Å². The molecule has 0 aliphatic carbocycles. The number of hydrogen-bond donors (Lipinski definition) is 2. The van der Waals surface area contributed by atoms with Crippen LogP contribution in [0.25, 0.3) is 10.9 Å². The zero-order valence-electron chi connectivity index (χ0n) is 13.2. The Labute approximate surface area is 130 Å². The van der Waals surface area contributed by atoms with E-state index < -0.39 is 12.0 Å². The molecule has 0 bridgehead atoms. The quantitative estimate of drug-likeness (QED) is 0.817. The molecule has 0 saturated carbocycles. The van der Waals surface area contributed by atoms with E-state index in [1.54, 1.807) is 0 Å². The van der Waals surface area contributed by atoms with Crippen LogP contribution in [-0.4, -0.2) is 46.1 Å². The first-order chi connectivity index (χ1) is 10.5. The number of rotatable bonds is 7. The van der Waals surface area contributed by atoms with Gasteiger partial charge in [-0.15, -0.1) is 0 Å². The summed E-state index contributed by atoms with van der Waals surface area (Å²) in [7, 11) is 3.89. The number of benzene rings is 1. The molecule has 0 saturated heterocycles. The van der Waals surface area contributed by atoms with Crippen LogP contribution in [0, 0.1) is 0 Å². The summed E-state index contributed by atoms with van der Waals surface area (Å²) in [5.41, 5.74) is 0.817. The highest BCUT2D eigenvalue weighted by Gasteiger charge is 2.18. The summed E-state index contributed by atoms with van der Waals surface area (Å²) in [5.74, 6) is 0.397. The fraction of sp³-hybridized carbons (Fsp3) is 0.438. The van der Waals surface area contributed by atoms with E-state index in [1.807, 2.05) is 50.2 Å². The molecule has 1 aromatic carbocycles. The topological polar surface area (TPSA) is 78.4 Å². The van der Waals surface area contributed by atoms with Crippen LogP contribution in [0.5, 0.6) is 0 Å². The molecule has 0 aliphatic rings. The molecule has 2 rings (SSSR count). The summed E-state index contributed by atoms with van der Waals surface area (Å²) in [6.45, 7) is 2.57. The number of para-hydroxylation sites is 1. The van der Waals surface area contributed by atoms with Gasteiger partial charge in [0.05, 0.1) is 12.1 Å². The lowest BCUT2D eigenvalue weighted by molar-refractivity contribution is -0.138. The smallest absolute Gasteiger partial charge is 0.326 e.